The van der Waals surface area contributed by atoms with Crippen LogP contribution in [0, 0.1) is 6.92 Å². The van der Waals surface area contributed by atoms with E-state index < -0.39 is 10.0 Å². The van der Waals surface area contributed by atoms with E-state index in [0.717, 1.165) is 24.0 Å². The van der Waals surface area contributed by atoms with Crippen LogP contribution in [0.1, 0.15) is 37.8 Å². The standard InChI is InChI=1S/C15H26N2O2S2/c1-5-15(6-2,20-4)11-17-21(18,19)14-9-7-8-13(10-16)12(14)3/h7-9,17H,5-6,10-11,16H2,1-4H3. The summed E-state index contributed by atoms with van der Waals surface area (Å²) in [5, 5.41) is 0. The van der Waals surface area contributed by atoms with Crippen molar-refractivity contribution in [2.75, 3.05) is 12.8 Å². The van der Waals surface area contributed by atoms with Crippen LogP contribution < -0.4 is 10.5 Å². The van der Waals surface area contributed by atoms with Crippen LogP contribution in [0.25, 0.3) is 0 Å². The Bertz CT molecular complexity index is 559. The lowest BCUT2D eigenvalue weighted by molar-refractivity contribution is 0.521. The average molecular weight is 331 g/mol. The molecule has 0 aliphatic heterocycles. The summed E-state index contributed by atoms with van der Waals surface area (Å²) in [6.07, 6.45) is 3.88. The third-order valence-corrected chi connectivity index (χ3v) is 7.35. The first kappa shape index (κ1) is 18.5. The maximum absolute atomic E-state index is 12.6. The molecule has 0 aliphatic carbocycles. The van der Waals surface area contributed by atoms with Gasteiger partial charge in [0, 0.05) is 17.8 Å². The third-order valence-electron chi connectivity index (χ3n) is 4.21. The van der Waals surface area contributed by atoms with Gasteiger partial charge in [-0.15, -0.1) is 0 Å². The lowest BCUT2D eigenvalue weighted by Crippen LogP contribution is -2.39. The van der Waals surface area contributed by atoms with Gasteiger partial charge in [0.25, 0.3) is 0 Å². The first-order valence-corrected chi connectivity index (χ1v) is 9.90. The molecule has 0 heterocycles. The third kappa shape index (κ3) is 4.22. The van der Waals surface area contributed by atoms with Gasteiger partial charge in [-0.25, -0.2) is 13.1 Å². The Hall–Kier alpha value is -0.560. The molecule has 21 heavy (non-hydrogen) atoms. The normalized spacial score (nSPS) is 12.6. The van der Waals surface area contributed by atoms with Crippen molar-refractivity contribution in [2.45, 2.75) is 49.8 Å². The lowest BCUT2D eigenvalue weighted by atomic mass is 10.0. The van der Waals surface area contributed by atoms with E-state index in [1.807, 2.05) is 12.3 Å². The fourth-order valence-corrected chi connectivity index (χ4v) is 4.64. The first-order valence-electron chi connectivity index (χ1n) is 7.19. The molecule has 1 aromatic carbocycles. The number of thioether (sulfide) groups is 1. The number of nitrogens with one attached hydrogen (secondary N) is 1. The SMILES string of the molecule is CCC(CC)(CNS(=O)(=O)c1cccc(CN)c1C)SC. The highest BCUT2D eigenvalue weighted by Gasteiger charge is 2.28. The van der Waals surface area contributed by atoms with Gasteiger partial charge in [0.1, 0.15) is 0 Å². The Kier molecular flexibility index (Phi) is 6.71. The maximum Gasteiger partial charge on any atom is 0.240 e. The minimum absolute atomic E-state index is 0.0492. The van der Waals surface area contributed by atoms with Crippen molar-refractivity contribution < 1.29 is 8.42 Å². The highest BCUT2D eigenvalue weighted by Crippen LogP contribution is 2.30. The zero-order valence-corrected chi connectivity index (χ0v) is 14.9. The fraction of sp³-hybridized carbons (Fsp3) is 0.600. The molecule has 0 saturated carbocycles. The zero-order chi connectivity index (χ0) is 16.1. The molecule has 0 bridgehead atoms. The second-order valence-electron chi connectivity index (χ2n) is 5.16. The van der Waals surface area contributed by atoms with E-state index in [1.54, 1.807) is 30.8 Å². The molecule has 0 fully saturated rings. The quantitative estimate of drug-likeness (QED) is 0.768. The van der Waals surface area contributed by atoms with Crippen LogP contribution in [-0.4, -0.2) is 26.0 Å². The van der Waals surface area contributed by atoms with Gasteiger partial charge in [0.15, 0.2) is 0 Å². The maximum atomic E-state index is 12.6. The molecule has 0 spiro atoms. The van der Waals surface area contributed by atoms with Gasteiger partial charge < -0.3 is 5.73 Å². The predicted octanol–water partition coefficient (Wildman–Crippen LogP) is 2.65. The molecule has 0 aromatic heterocycles. The highest BCUT2D eigenvalue weighted by atomic mass is 32.2. The van der Waals surface area contributed by atoms with Gasteiger partial charge in [0.2, 0.25) is 10.0 Å². The summed E-state index contributed by atoms with van der Waals surface area (Å²) in [5.74, 6) is 0. The molecule has 0 atom stereocenters. The molecular weight excluding hydrogens is 304 g/mol. The van der Waals surface area contributed by atoms with Crippen LogP contribution in [0.3, 0.4) is 0 Å². The van der Waals surface area contributed by atoms with Crippen molar-refractivity contribution in [1.29, 1.82) is 0 Å². The molecule has 1 aromatic rings. The van der Waals surface area contributed by atoms with E-state index in [4.69, 9.17) is 5.73 Å². The van der Waals surface area contributed by atoms with Crippen LogP contribution in [0.2, 0.25) is 0 Å². The molecule has 0 saturated heterocycles. The summed E-state index contributed by atoms with van der Waals surface area (Å²) in [6, 6.07) is 5.24. The molecule has 1 rings (SSSR count). The highest BCUT2D eigenvalue weighted by molar-refractivity contribution is 8.00. The van der Waals surface area contributed by atoms with E-state index in [0.29, 0.717) is 18.0 Å². The second kappa shape index (κ2) is 7.63. The van der Waals surface area contributed by atoms with Crippen molar-refractivity contribution >= 4 is 21.8 Å². The van der Waals surface area contributed by atoms with Gasteiger partial charge in [-0.05, 0) is 43.2 Å². The number of hydrogen-bond donors (Lipinski definition) is 2. The molecule has 0 radical (unpaired) electrons. The Labute approximate surface area is 132 Å². The molecule has 0 aliphatic rings. The minimum atomic E-state index is -3.51. The van der Waals surface area contributed by atoms with Crippen LogP contribution in [0.15, 0.2) is 23.1 Å². The molecule has 120 valence electrons. The van der Waals surface area contributed by atoms with Crippen molar-refractivity contribution in [1.82, 2.24) is 4.72 Å². The van der Waals surface area contributed by atoms with Crippen LogP contribution in [-0.2, 0) is 16.6 Å². The molecule has 0 unspecified atom stereocenters. The smallest absolute Gasteiger partial charge is 0.240 e. The molecule has 4 nitrogen and oxygen atoms in total. The van der Waals surface area contributed by atoms with E-state index in [1.165, 1.54) is 0 Å². The molecule has 3 N–H and O–H groups in total. The summed E-state index contributed by atoms with van der Waals surface area (Å²) in [5.41, 5.74) is 7.24. The van der Waals surface area contributed by atoms with Crippen molar-refractivity contribution in [3.05, 3.63) is 29.3 Å². The Morgan fingerprint density at radius 2 is 1.90 bits per heavy atom. The van der Waals surface area contributed by atoms with Gasteiger partial charge in [0.05, 0.1) is 4.90 Å². The van der Waals surface area contributed by atoms with Crippen LogP contribution >= 0.6 is 11.8 Å². The van der Waals surface area contributed by atoms with Crippen LogP contribution in [0.4, 0.5) is 0 Å². The number of nitrogens with two attached hydrogens (primary N) is 1. The van der Waals surface area contributed by atoms with E-state index in [9.17, 15) is 8.42 Å². The van der Waals surface area contributed by atoms with E-state index in [-0.39, 0.29) is 4.75 Å². The summed E-state index contributed by atoms with van der Waals surface area (Å²) in [4.78, 5) is 0.327. The summed E-state index contributed by atoms with van der Waals surface area (Å²) in [6.45, 7) is 6.77. The number of hydrogen-bond acceptors (Lipinski definition) is 4. The molecular formula is C15H26N2O2S2. The van der Waals surface area contributed by atoms with E-state index >= 15 is 0 Å². The number of benzene rings is 1. The number of sulfonamides is 1. The minimum Gasteiger partial charge on any atom is -0.326 e. The topological polar surface area (TPSA) is 72.2 Å². The van der Waals surface area contributed by atoms with Gasteiger partial charge in [-0.3, -0.25) is 0 Å². The van der Waals surface area contributed by atoms with E-state index in [2.05, 4.69) is 18.6 Å². The lowest BCUT2D eigenvalue weighted by Gasteiger charge is -2.29. The van der Waals surface area contributed by atoms with Gasteiger partial charge >= 0.3 is 0 Å². The van der Waals surface area contributed by atoms with Crippen LogP contribution in [0.5, 0.6) is 0 Å². The molecule has 6 heteroatoms. The fourth-order valence-electron chi connectivity index (χ4n) is 2.34. The Balaban J connectivity index is 3.03. The Morgan fingerprint density at radius 3 is 2.38 bits per heavy atom. The van der Waals surface area contributed by atoms with Crippen molar-refractivity contribution in [3.63, 3.8) is 0 Å². The second-order valence-corrected chi connectivity index (χ2v) is 8.17. The monoisotopic (exact) mass is 330 g/mol. The van der Waals surface area contributed by atoms with Gasteiger partial charge in [-0.2, -0.15) is 11.8 Å². The Morgan fingerprint density at radius 1 is 1.29 bits per heavy atom. The number of rotatable bonds is 8. The van der Waals surface area contributed by atoms with Gasteiger partial charge in [-0.1, -0.05) is 26.0 Å². The molecule has 0 amide bonds. The predicted molar refractivity (Wildman–Crippen MR) is 91.1 cm³/mol. The zero-order valence-electron chi connectivity index (χ0n) is 13.3. The largest absolute Gasteiger partial charge is 0.326 e. The summed E-state index contributed by atoms with van der Waals surface area (Å²) >= 11 is 1.72. The summed E-state index contributed by atoms with van der Waals surface area (Å²) in [7, 11) is -3.51. The summed E-state index contributed by atoms with van der Waals surface area (Å²) < 4.78 is 27.8. The van der Waals surface area contributed by atoms with Crippen molar-refractivity contribution in [2.24, 2.45) is 5.73 Å². The van der Waals surface area contributed by atoms with Crippen molar-refractivity contribution in [3.8, 4) is 0 Å². The average Bonchev–Trinajstić information content (AvgIpc) is 2.49. The first-order chi connectivity index (χ1) is 9.85.